The third-order valence-electron chi connectivity index (χ3n) is 5.29. The Morgan fingerprint density at radius 2 is 1.88 bits per heavy atom. The summed E-state index contributed by atoms with van der Waals surface area (Å²) in [6, 6.07) is 4.83. The van der Waals surface area contributed by atoms with E-state index in [0.717, 1.165) is 12.8 Å². The molecule has 11 heteroatoms. The van der Waals surface area contributed by atoms with Crippen molar-refractivity contribution in [1.29, 1.82) is 0 Å². The maximum atomic E-state index is 12.8. The molecule has 0 spiro atoms. The lowest BCUT2D eigenvalue weighted by atomic mass is 10.1. The van der Waals surface area contributed by atoms with Crippen LogP contribution in [0.2, 0.25) is 0 Å². The lowest BCUT2D eigenvalue weighted by Gasteiger charge is -2.24. The molecule has 3 rings (SSSR count). The molecule has 1 N–H and O–H groups in total. The molecule has 2 heterocycles. The fraction of sp³-hybridized carbons (Fsp3) is 0.522. The molecule has 1 atom stereocenters. The Labute approximate surface area is 198 Å². The van der Waals surface area contributed by atoms with E-state index in [4.69, 9.17) is 28.2 Å². The second-order valence-electron chi connectivity index (χ2n) is 7.58. The Bertz CT molecular complexity index is 946. The van der Waals surface area contributed by atoms with Gasteiger partial charge in [0, 0.05) is 24.8 Å². The highest BCUT2D eigenvalue weighted by atomic mass is 16.5. The number of methoxy groups -OCH3 is 3. The van der Waals surface area contributed by atoms with E-state index in [1.54, 1.807) is 30.0 Å². The summed E-state index contributed by atoms with van der Waals surface area (Å²) in [4.78, 5) is 26.0. The van der Waals surface area contributed by atoms with Gasteiger partial charge in [-0.15, -0.1) is 0 Å². The summed E-state index contributed by atoms with van der Waals surface area (Å²) in [5, 5.41) is 6.72. The first-order chi connectivity index (χ1) is 16.5. The minimum atomic E-state index is -0.501. The Morgan fingerprint density at radius 1 is 1.15 bits per heavy atom. The molecule has 0 radical (unpaired) electrons. The molecule has 0 bridgehead atoms. The Morgan fingerprint density at radius 3 is 2.47 bits per heavy atom. The van der Waals surface area contributed by atoms with Gasteiger partial charge in [0.25, 0.3) is 0 Å². The Kier molecular flexibility index (Phi) is 8.97. The number of carbonyl (C=O) groups excluding carboxylic acids is 2. The Balaban J connectivity index is 1.76. The van der Waals surface area contributed by atoms with Gasteiger partial charge >= 0.3 is 12.0 Å². The number of rotatable bonds is 11. The highest BCUT2D eigenvalue weighted by molar-refractivity contribution is 5.81. The van der Waals surface area contributed by atoms with Gasteiger partial charge in [-0.2, -0.15) is 0 Å². The number of carbonyl (C=O) groups is 2. The molecule has 0 aliphatic carbocycles. The van der Waals surface area contributed by atoms with Crippen LogP contribution in [0.25, 0.3) is 11.3 Å². The van der Waals surface area contributed by atoms with E-state index in [9.17, 15) is 9.59 Å². The lowest BCUT2D eigenvalue weighted by molar-refractivity contribution is -0.141. The molecule has 1 aliphatic heterocycles. The summed E-state index contributed by atoms with van der Waals surface area (Å²) < 4.78 is 32.3. The van der Waals surface area contributed by atoms with Crippen molar-refractivity contribution >= 4 is 12.0 Å². The number of hydrogen-bond acceptors (Lipinski definition) is 9. The van der Waals surface area contributed by atoms with Crippen molar-refractivity contribution in [2.45, 2.75) is 32.4 Å². The highest BCUT2D eigenvalue weighted by Crippen LogP contribution is 2.41. The van der Waals surface area contributed by atoms with Crippen LogP contribution in [0.5, 0.6) is 17.2 Å². The van der Waals surface area contributed by atoms with E-state index in [1.807, 2.05) is 0 Å². The van der Waals surface area contributed by atoms with Crippen LogP contribution in [0.3, 0.4) is 0 Å². The molecular formula is C23H31N3O8. The van der Waals surface area contributed by atoms with Gasteiger partial charge in [-0.3, -0.25) is 4.79 Å². The van der Waals surface area contributed by atoms with Crippen LogP contribution in [0.4, 0.5) is 4.79 Å². The minimum Gasteiger partial charge on any atom is -0.493 e. The summed E-state index contributed by atoms with van der Waals surface area (Å²) in [6.07, 6.45) is 1.73. The quantitative estimate of drug-likeness (QED) is 0.487. The second-order valence-corrected chi connectivity index (χ2v) is 7.58. The monoisotopic (exact) mass is 477 g/mol. The van der Waals surface area contributed by atoms with Gasteiger partial charge in [0.05, 0.1) is 40.6 Å². The zero-order valence-corrected chi connectivity index (χ0v) is 19.9. The molecule has 1 aromatic carbocycles. The van der Waals surface area contributed by atoms with Gasteiger partial charge in [-0.1, -0.05) is 5.16 Å². The third kappa shape index (κ3) is 6.31. The van der Waals surface area contributed by atoms with E-state index >= 15 is 0 Å². The van der Waals surface area contributed by atoms with Gasteiger partial charge in [0.2, 0.25) is 5.75 Å². The van der Waals surface area contributed by atoms with Crippen LogP contribution >= 0.6 is 0 Å². The summed E-state index contributed by atoms with van der Waals surface area (Å²) >= 11 is 0. The summed E-state index contributed by atoms with van der Waals surface area (Å²) in [6.45, 7) is 2.93. The first kappa shape index (κ1) is 25.2. The van der Waals surface area contributed by atoms with Gasteiger partial charge in [0.15, 0.2) is 17.3 Å². The third-order valence-corrected chi connectivity index (χ3v) is 5.29. The average Bonchev–Trinajstić information content (AvgIpc) is 3.53. The molecule has 1 saturated heterocycles. The molecule has 0 unspecified atom stereocenters. The molecule has 11 nitrogen and oxygen atoms in total. The maximum Gasteiger partial charge on any atom is 0.325 e. The number of esters is 1. The Hall–Kier alpha value is -3.47. The van der Waals surface area contributed by atoms with Crippen molar-refractivity contribution in [3.63, 3.8) is 0 Å². The van der Waals surface area contributed by atoms with Crippen LogP contribution in [0.15, 0.2) is 22.7 Å². The number of nitrogens with one attached hydrogen (secondary N) is 1. The van der Waals surface area contributed by atoms with Gasteiger partial charge in [-0.05, 0) is 31.9 Å². The average molecular weight is 478 g/mol. The van der Waals surface area contributed by atoms with E-state index in [-0.39, 0.29) is 25.8 Å². The smallest absolute Gasteiger partial charge is 0.325 e. The fourth-order valence-corrected chi connectivity index (χ4v) is 3.67. The SMILES string of the molecule is CCOC(=O)CNC(=O)N(Cc1cc(-c2cc(OC)c(OC)c(OC)c2)on1)C[C@H]1CCCO1. The minimum absolute atomic E-state index is 0.0742. The van der Waals surface area contributed by atoms with Crippen LogP contribution in [-0.4, -0.2) is 75.8 Å². The van der Waals surface area contributed by atoms with E-state index in [0.29, 0.717) is 47.4 Å². The van der Waals surface area contributed by atoms with Crippen molar-refractivity contribution < 1.29 is 37.8 Å². The molecular weight excluding hydrogens is 446 g/mol. The summed E-state index contributed by atoms with van der Waals surface area (Å²) in [5.74, 6) is 1.40. The fourth-order valence-electron chi connectivity index (χ4n) is 3.67. The predicted octanol–water partition coefficient (Wildman–Crippen LogP) is 2.62. The molecule has 2 amide bonds. The zero-order chi connectivity index (χ0) is 24.5. The summed E-state index contributed by atoms with van der Waals surface area (Å²) in [5.41, 5.74) is 1.21. The number of amides is 2. The zero-order valence-electron chi connectivity index (χ0n) is 19.9. The van der Waals surface area contributed by atoms with Crippen molar-refractivity contribution in [2.24, 2.45) is 0 Å². The predicted molar refractivity (Wildman–Crippen MR) is 121 cm³/mol. The lowest BCUT2D eigenvalue weighted by Crippen LogP contribution is -2.45. The largest absolute Gasteiger partial charge is 0.493 e. The molecule has 1 aliphatic rings. The van der Waals surface area contributed by atoms with E-state index in [1.165, 1.54) is 21.3 Å². The standard InChI is InChI=1S/C23H31N3O8/c1-5-32-21(27)12-24-23(28)26(14-17-7-6-8-33-17)13-16-11-18(34-25-16)15-9-19(29-2)22(31-4)20(10-15)30-3/h9-11,17H,5-8,12-14H2,1-4H3,(H,24,28)/t17-/m1/s1. The number of hydrogen-bond donors (Lipinski definition) is 1. The van der Waals surface area contributed by atoms with Crippen LogP contribution in [-0.2, 0) is 20.8 Å². The molecule has 1 aromatic heterocycles. The van der Waals surface area contributed by atoms with Crippen LogP contribution in [0.1, 0.15) is 25.5 Å². The molecule has 34 heavy (non-hydrogen) atoms. The number of benzene rings is 1. The highest BCUT2D eigenvalue weighted by Gasteiger charge is 2.25. The molecule has 186 valence electrons. The number of urea groups is 1. The van der Waals surface area contributed by atoms with Gasteiger partial charge < -0.3 is 38.4 Å². The molecule has 0 saturated carbocycles. The molecule has 2 aromatic rings. The van der Waals surface area contributed by atoms with Crippen molar-refractivity contribution in [3.8, 4) is 28.6 Å². The summed E-state index contributed by atoms with van der Waals surface area (Å²) in [7, 11) is 4.60. The molecule has 1 fully saturated rings. The van der Waals surface area contributed by atoms with E-state index < -0.39 is 12.0 Å². The van der Waals surface area contributed by atoms with E-state index in [2.05, 4.69) is 10.5 Å². The number of ether oxygens (including phenoxy) is 5. The van der Waals surface area contributed by atoms with Crippen molar-refractivity contribution in [2.75, 3.05) is 47.6 Å². The number of nitrogens with zero attached hydrogens (tertiary/aromatic N) is 2. The van der Waals surface area contributed by atoms with Crippen LogP contribution < -0.4 is 19.5 Å². The first-order valence-corrected chi connectivity index (χ1v) is 11.0. The van der Waals surface area contributed by atoms with Crippen molar-refractivity contribution in [1.82, 2.24) is 15.4 Å². The normalized spacial score (nSPS) is 15.0. The second kappa shape index (κ2) is 12.1. The van der Waals surface area contributed by atoms with Crippen LogP contribution in [0, 0.1) is 0 Å². The number of aromatic nitrogens is 1. The van der Waals surface area contributed by atoms with Crippen molar-refractivity contribution in [3.05, 3.63) is 23.9 Å². The first-order valence-electron chi connectivity index (χ1n) is 11.0. The van der Waals surface area contributed by atoms with Gasteiger partial charge in [0.1, 0.15) is 12.2 Å². The maximum absolute atomic E-state index is 12.8. The van der Waals surface area contributed by atoms with Gasteiger partial charge in [-0.25, -0.2) is 4.79 Å². The topological polar surface area (TPSA) is 122 Å².